The average molecular weight is 412 g/mol. The van der Waals surface area contributed by atoms with Crippen LogP contribution in [0.25, 0.3) is 0 Å². The van der Waals surface area contributed by atoms with Crippen LogP contribution >= 0.6 is 0 Å². The Labute approximate surface area is 178 Å². The minimum absolute atomic E-state index is 0.163. The number of benzene rings is 1. The third-order valence-corrected chi connectivity index (χ3v) is 6.03. The van der Waals surface area contributed by atoms with Gasteiger partial charge in [-0.05, 0) is 56.2 Å². The Hall–Kier alpha value is -2.57. The van der Waals surface area contributed by atoms with Gasteiger partial charge in [-0.1, -0.05) is 25.0 Å². The number of amides is 2. The molecule has 1 aliphatic heterocycles. The van der Waals surface area contributed by atoms with E-state index in [1.807, 2.05) is 24.3 Å². The first-order chi connectivity index (χ1) is 14.8. The van der Waals surface area contributed by atoms with Gasteiger partial charge in [0.2, 0.25) is 0 Å². The standard InChI is InChI=1S/C23H33N5O2/c29-23(24-14-13-22-27-26-21-12-5-2-6-15-28(21)22)25-17-18-8-7-11-20(16-18)30-19-9-3-1-4-10-19/h7-8,11,16,19H,1-6,9-10,12-15,17H2,(H2,24,25,29). The molecule has 1 aromatic heterocycles. The highest BCUT2D eigenvalue weighted by Gasteiger charge is 2.16. The van der Waals surface area contributed by atoms with Gasteiger partial charge in [0.1, 0.15) is 17.4 Å². The summed E-state index contributed by atoms with van der Waals surface area (Å²) in [5.74, 6) is 2.95. The van der Waals surface area contributed by atoms with E-state index >= 15 is 0 Å². The molecule has 0 unspecified atom stereocenters. The number of nitrogens with zero attached hydrogens (tertiary/aromatic N) is 3. The number of rotatable bonds is 7. The first kappa shape index (κ1) is 20.7. The zero-order chi connectivity index (χ0) is 20.6. The summed E-state index contributed by atoms with van der Waals surface area (Å²) >= 11 is 0. The summed E-state index contributed by atoms with van der Waals surface area (Å²) < 4.78 is 8.35. The molecule has 1 aromatic carbocycles. The van der Waals surface area contributed by atoms with Crippen LogP contribution in [0.15, 0.2) is 24.3 Å². The zero-order valence-corrected chi connectivity index (χ0v) is 17.7. The van der Waals surface area contributed by atoms with E-state index in [0.29, 0.717) is 25.6 Å². The summed E-state index contributed by atoms with van der Waals surface area (Å²) in [7, 11) is 0. The van der Waals surface area contributed by atoms with Crippen molar-refractivity contribution in [2.75, 3.05) is 6.54 Å². The number of urea groups is 1. The van der Waals surface area contributed by atoms with Crippen LogP contribution in [0.5, 0.6) is 5.75 Å². The van der Waals surface area contributed by atoms with Crippen molar-refractivity contribution in [2.24, 2.45) is 0 Å². The quantitative estimate of drug-likeness (QED) is 0.727. The molecular formula is C23H33N5O2. The maximum absolute atomic E-state index is 12.2. The molecule has 162 valence electrons. The van der Waals surface area contributed by atoms with Gasteiger partial charge in [0, 0.05) is 32.5 Å². The molecular weight excluding hydrogens is 378 g/mol. The van der Waals surface area contributed by atoms with Crippen LogP contribution in [0.4, 0.5) is 4.79 Å². The van der Waals surface area contributed by atoms with Gasteiger partial charge in [0.15, 0.2) is 0 Å². The topological polar surface area (TPSA) is 81.1 Å². The van der Waals surface area contributed by atoms with Gasteiger partial charge >= 0.3 is 6.03 Å². The molecule has 1 fully saturated rings. The molecule has 0 bridgehead atoms. The van der Waals surface area contributed by atoms with Crippen molar-refractivity contribution in [3.8, 4) is 5.75 Å². The second-order valence-corrected chi connectivity index (χ2v) is 8.38. The fourth-order valence-electron chi connectivity index (χ4n) is 4.37. The monoisotopic (exact) mass is 411 g/mol. The second-order valence-electron chi connectivity index (χ2n) is 8.38. The first-order valence-electron chi connectivity index (χ1n) is 11.5. The Bertz CT molecular complexity index is 829. The highest BCUT2D eigenvalue weighted by Crippen LogP contribution is 2.24. The number of hydrogen-bond acceptors (Lipinski definition) is 4. The molecule has 30 heavy (non-hydrogen) atoms. The fraction of sp³-hybridized carbons (Fsp3) is 0.609. The number of aryl methyl sites for hydroxylation is 1. The smallest absolute Gasteiger partial charge is 0.315 e. The van der Waals surface area contributed by atoms with Gasteiger partial charge in [-0.15, -0.1) is 10.2 Å². The Morgan fingerprint density at radius 3 is 2.83 bits per heavy atom. The molecule has 0 atom stereocenters. The molecule has 0 spiro atoms. The minimum Gasteiger partial charge on any atom is -0.490 e. The van der Waals surface area contributed by atoms with Crippen LogP contribution in [0.1, 0.15) is 68.6 Å². The van der Waals surface area contributed by atoms with Gasteiger partial charge in [-0.25, -0.2) is 4.79 Å². The zero-order valence-electron chi connectivity index (χ0n) is 17.7. The average Bonchev–Trinajstić information content (AvgIpc) is 2.99. The van der Waals surface area contributed by atoms with E-state index in [9.17, 15) is 4.79 Å². The number of nitrogens with one attached hydrogen (secondary N) is 2. The fourth-order valence-corrected chi connectivity index (χ4v) is 4.37. The molecule has 4 rings (SSSR count). The third kappa shape index (κ3) is 5.74. The van der Waals surface area contributed by atoms with Crippen molar-refractivity contribution in [3.63, 3.8) is 0 Å². The normalized spacial score (nSPS) is 17.1. The van der Waals surface area contributed by atoms with Gasteiger partial charge in [-0.2, -0.15) is 0 Å². The van der Waals surface area contributed by atoms with Crippen molar-refractivity contribution in [2.45, 2.75) is 83.4 Å². The lowest BCUT2D eigenvalue weighted by Gasteiger charge is -2.23. The lowest BCUT2D eigenvalue weighted by Crippen LogP contribution is -2.36. The van der Waals surface area contributed by atoms with Crippen molar-refractivity contribution in [3.05, 3.63) is 41.5 Å². The number of carbonyl (C=O) groups excluding carboxylic acids is 1. The van der Waals surface area contributed by atoms with Crippen molar-refractivity contribution >= 4 is 6.03 Å². The number of fused-ring (bicyclic) bond motifs is 1. The van der Waals surface area contributed by atoms with Gasteiger partial charge < -0.3 is 19.9 Å². The molecule has 0 saturated heterocycles. The number of ether oxygens (including phenoxy) is 1. The summed E-state index contributed by atoms with van der Waals surface area (Å²) in [6, 6.07) is 7.87. The van der Waals surface area contributed by atoms with Gasteiger partial charge in [0.05, 0.1) is 6.10 Å². The number of hydrogen-bond donors (Lipinski definition) is 2. The SMILES string of the molecule is O=C(NCCc1nnc2n1CCCCC2)NCc1cccc(OC2CCCCC2)c1. The van der Waals surface area contributed by atoms with Crippen LogP contribution < -0.4 is 15.4 Å². The lowest BCUT2D eigenvalue weighted by atomic mass is 9.98. The van der Waals surface area contributed by atoms with Gasteiger partial charge in [0.25, 0.3) is 0 Å². The predicted octanol–water partition coefficient (Wildman–Crippen LogP) is 3.76. The molecule has 2 N–H and O–H groups in total. The largest absolute Gasteiger partial charge is 0.490 e. The van der Waals surface area contributed by atoms with E-state index in [0.717, 1.165) is 48.8 Å². The molecule has 2 aromatic rings. The molecule has 1 saturated carbocycles. The minimum atomic E-state index is -0.163. The van der Waals surface area contributed by atoms with Crippen LogP contribution in [0, 0.1) is 0 Å². The maximum Gasteiger partial charge on any atom is 0.315 e. The van der Waals surface area contributed by atoms with Crippen molar-refractivity contribution in [1.29, 1.82) is 0 Å². The summed E-state index contributed by atoms with van der Waals surface area (Å²) in [6.07, 6.45) is 11.7. The summed E-state index contributed by atoms with van der Waals surface area (Å²) in [5.41, 5.74) is 1.04. The van der Waals surface area contributed by atoms with Crippen LogP contribution in [0.3, 0.4) is 0 Å². The molecule has 2 amide bonds. The lowest BCUT2D eigenvalue weighted by molar-refractivity contribution is 0.155. The highest BCUT2D eigenvalue weighted by atomic mass is 16.5. The molecule has 0 radical (unpaired) electrons. The van der Waals surface area contributed by atoms with Crippen LogP contribution in [0.2, 0.25) is 0 Å². The predicted molar refractivity (Wildman–Crippen MR) is 115 cm³/mol. The number of aromatic nitrogens is 3. The number of carbonyl (C=O) groups is 1. The second kappa shape index (κ2) is 10.5. The highest BCUT2D eigenvalue weighted by molar-refractivity contribution is 5.73. The Balaban J connectivity index is 1.20. The van der Waals surface area contributed by atoms with E-state index in [1.54, 1.807) is 0 Å². The van der Waals surface area contributed by atoms with Crippen molar-refractivity contribution < 1.29 is 9.53 Å². The third-order valence-electron chi connectivity index (χ3n) is 6.03. The van der Waals surface area contributed by atoms with E-state index < -0.39 is 0 Å². The molecule has 2 heterocycles. The molecule has 7 nitrogen and oxygen atoms in total. The van der Waals surface area contributed by atoms with Crippen LogP contribution in [-0.2, 0) is 25.9 Å². The summed E-state index contributed by atoms with van der Waals surface area (Å²) in [5, 5.41) is 14.5. The van der Waals surface area contributed by atoms with E-state index in [-0.39, 0.29) is 6.03 Å². The Kier molecular flexibility index (Phi) is 7.21. The van der Waals surface area contributed by atoms with Crippen molar-refractivity contribution in [1.82, 2.24) is 25.4 Å². The van der Waals surface area contributed by atoms with Crippen LogP contribution in [-0.4, -0.2) is 33.4 Å². The maximum atomic E-state index is 12.2. The summed E-state index contributed by atoms with van der Waals surface area (Å²) in [4.78, 5) is 12.2. The molecule has 7 heteroatoms. The molecule has 1 aliphatic carbocycles. The van der Waals surface area contributed by atoms with E-state index in [2.05, 4.69) is 25.4 Å². The Morgan fingerprint density at radius 2 is 1.93 bits per heavy atom. The molecule has 2 aliphatic rings. The first-order valence-corrected chi connectivity index (χ1v) is 11.5. The van der Waals surface area contributed by atoms with Gasteiger partial charge in [-0.3, -0.25) is 0 Å². The van der Waals surface area contributed by atoms with E-state index in [4.69, 9.17) is 4.74 Å². The Morgan fingerprint density at radius 1 is 1.07 bits per heavy atom. The van der Waals surface area contributed by atoms with E-state index in [1.165, 1.54) is 38.5 Å². The summed E-state index contributed by atoms with van der Waals surface area (Å²) in [6.45, 7) is 2.02.